The van der Waals surface area contributed by atoms with Crippen molar-refractivity contribution in [1.82, 2.24) is 4.98 Å². The van der Waals surface area contributed by atoms with Crippen LogP contribution in [-0.4, -0.2) is 49.6 Å². The van der Waals surface area contributed by atoms with E-state index in [1.807, 2.05) is 11.8 Å². The minimum atomic E-state index is -3.02. The second-order valence-electron chi connectivity index (χ2n) is 5.37. The monoisotopic (exact) mass is 304 g/mol. The molecule has 2 rings (SSSR count). The van der Waals surface area contributed by atoms with Crippen LogP contribution in [0.2, 0.25) is 0 Å². The number of rotatable bonds is 4. The summed E-state index contributed by atoms with van der Waals surface area (Å²) in [6.45, 7) is 3.24. The first-order valence-corrected chi connectivity index (χ1v) is 8.74. The predicted octanol–water partition coefficient (Wildman–Crippen LogP) is 1.10. The van der Waals surface area contributed by atoms with Crippen molar-refractivity contribution in [2.45, 2.75) is 13.3 Å². The smallest absolute Gasteiger partial charge is 0.355 e. The first-order valence-electron chi connectivity index (χ1n) is 5.80. The number of carboxylic acids is 1. The molecule has 1 atom stereocenters. The van der Waals surface area contributed by atoms with Crippen molar-refractivity contribution < 1.29 is 18.3 Å². The normalized spacial score (nSPS) is 23.8. The van der Waals surface area contributed by atoms with E-state index >= 15 is 0 Å². The molecule has 1 saturated heterocycles. The SMILES string of the molecule is CC1(CS(C)(=O)=O)CCN(c2nc(C(=O)O)cs2)C1. The molecule has 19 heavy (non-hydrogen) atoms. The summed E-state index contributed by atoms with van der Waals surface area (Å²) in [5, 5.41) is 11.0. The van der Waals surface area contributed by atoms with Crippen molar-refractivity contribution in [1.29, 1.82) is 0 Å². The lowest BCUT2D eigenvalue weighted by Gasteiger charge is -2.23. The summed E-state index contributed by atoms with van der Waals surface area (Å²) in [5.74, 6) is -0.895. The van der Waals surface area contributed by atoms with E-state index in [0.717, 1.165) is 6.42 Å². The third-order valence-corrected chi connectivity index (χ3v) is 5.27. The van der Waals surface area contributed by atoms with Crippen LogP contribution in [0, 0.1) is 5.41 Å². The molecule has 0 radical (unpaired) electrons. The van der Waals surface area contributed by atoms with Crippen molar-refractivity contribution in [3.63, 3.8) is 0 Å². The van der Waals surface area contributed by atoms with Gasteiger partial charge in [0.1, 0.15) is 9.84 Å². The van der Waals surface area contributed by atoms with Gasteiger partial charge in [-0.2, -0.15) is 0 Å². The molecule has 1 fully saturated rings. The van der Waals surface area contributed by atoms with Gasteiger partial charge in [0.25, 0.3) is 0 Å². The fourth-order valence-electron chi connectivity index (χ4n) is 2.45. The number of aromatic nitrogens is 1. The van der Waals surface area contributed by atoms with E-state index in [0.29, 0.717) is 18.2 Å². The van der Waals surface area contributed by atoms with Crippen molar-refractivity contribution in [2.24, 2.45) is 5.41 Å². The Morgan fingerprint density at radius 2 is 2.32 bits per heavy atom. The van der Waals surface area contributed by atoms with Crippen LogP contribution in [0.5, 0.6) is 0 Å². The molecule has 0 saturated carbocycles. The Labute approximate surface area is 116 Å². The van der Waals surface area contributed by atoms with Gasteiger partial charge in [-0.3, -0.25) is 0 Å². The van der Waals surface area contributed by atoms with Crippen LogP contribution >= 0.6 is 11.3 Å². The molecule has 0 aliphatic carbocycles. The number of hydrogen-bond acceptors (Lipinski definition) is 6. The molecular formula is C11H16N2O4S2. The Balaban J connectivity index is 2.11. The van der Waals surface area contributed by atoms with Crippen molar-refractivity contribution >= 4 is 32.3 Å². The zero-order valence-corrected chi connectivity index (χ0v) is 12.4. The number of aromatic carboxylic acids is 1. The molecule has 1 aliphatic heterocycles. The Bertz CT molecular complexity index is 596. The highest BCUT2D eigenvalue weighted by atomic mass is 32.2. The molecule has 1 aromatic rings. The van der Waals surface area contributed by atoms with E-state index in [4.69, 9.17) is 5.11 Å². The number of hydrogen-bond donors (Lipinski definition) is 1. The van der Waals surface area contributed by atoms with Gasteiger partial charge >= 0.3 is 5.97 Å². The second-order valence-corrected chi connectivity index (χ2v) is 8.35. The van der Waals surface area contributed by atoms with E-state index in [2.05, 4.69) is 4.98 Å². The number of anilines is 1. The van der Waals surface area contributed by atoms with Gasteiger partial charge in [-0.15, -0.1) is 11.3 Å². The molecule has 106 valence electrons. The summed E-state index contributed by atoms with van der Waals surface area (Å²) >= 11 is 1.28. The van der Waals surface area contributed by atoms with Crippen LogP contribution < -0.4 is 4.90 Å². The van der Waals surface area contributed by atoms with Crippen LogP contribution in [-0.2, 0) is 9.84 Å². The minimum absolute atomic E-state index is 0.0386. The average Bonchev–Trinajstić information content (AvgIpc) is 2.81. The fourth-order valence-corrected chi connectivity index (χ4v) is 4.77. The molecule has 6 nitrogen and oxygen atoms in total. The molecule has 0 spiro atoms. The highest BCUT2D eigenvalue weighted by Gasteiger charge is 2.37. The Morgan fingerprint density at radius 1 is 1.63 bits per heavy atom. The largest absolute Gasteiger partial charge is 0.476 e. The lowest BCUT2D eigenvalue weighted by Crippen LogP contribution is -2.30. The topological polar surface area (TPSA) is 87.6 Å². The molecule has 0 bridgehead atoms. The van der Waals surface area contributed by atoms with E-state index in [1.165, 1.54) is 23.0 Å². The summed E-state index contributed by atoms with van der Waals surface area (Å²) in [6.07, 6.45) is 2.01. The summed E-state index contributed by atoms with van der Waals surface area (Å²) in [6, 6.07) is 0. The van der Waals surface area contributed by atoms with Gasteiger partial charge in [0.15, 0.2) is 10.8 Å². The maximum atomic E-state index is 11.4. The van der Waals surface area contributed by atoms with Crippen LogP contribution in [0.15, 0.2) is 5.38 Å². The number of nitrogens with zero attached hydrogens (tertiary/aromatic N) is 2. The summed E-state index contributed by atoms with van der Waals surface area (Å²) in [5.41, 5.74) is -0.250. The van der Waals surface area contributed by atoms with E-state index in [-0.39, 0.29) is 16.9 Å². The van der Waals surface area contributed by atoms with Crippen LogP contribution in [0.3, 0.4) is 0 Å². The van der Waals surface area contributed by atoms with Crippen molar-refractivity contribution in [3.05, 3.63) is 11.1 Å². The van der Waals surface area contributed by atoms with Gasteiger partial charge in [-0.25, -0.2) is 18.2 Å². The predicted molar refractivity (Wildman–Crippen MR) is 73.7 cm³/mol. The lowest BCUT2D eigenvalue weighted by molar-refractivity contribution is 0.0691. The summed E-state index contributed by atoms with van der Waals surface area (Å²) in [7, 11) is -3.02. The number of sulfone groups is 1. The molecule has 8 heteroatoms. The molecule has 2 heterocycles. The van der Waals surface area contributed by atoms with Gasteiger partial charge in [0.2, 0.25) is 0 Å². The van der Waals surface area contributed by atoms with Gasteiger partial charge in [-0.05, 0) is 6.42 Å². The zero-order chi connectivity index (χ0) is 14.3. The summed E-state index contributed by atoms with van der Waals surface area (Å²) < 4.78 is 22.8. The molecule has 0 aromatic carbocycles. The molecule has 1 unspecified atom stereocenters. The van der Waals surface area contributed by atoms with Crippen LogP contribution in [0.25, 0.3) is 0 Å². The standard InChI is InChI=1S/C11H16N2O4S2/c1-11(7-19(2,16)17)3-4-13(6-11)10-12-8(5-18-10)9(14)15/h5H,3-4,6-7H2,1-2H3,(H,14,15). The Kier molecular flexibility index (Phi) is 3.57. The second kappa shape index (κ2) is 4.75. The average molecular weight is 304 g/mol. The van der Waals surface area contributed by atoms with Crippen molar-refractivity contribution in [2.75, 3.05) is 30.0 Å². The van der Waals surface area contributed by atoms with Gasteiger partial charge in [-0.1, -0.05) is 6.92 Å². The maximum absolute atomic E-state index is 11.4. The van der Waals surface area contributed by atoms with Gasteiger partial charge in [0, 0.05) is 30.1 Å². The Morgan fingerprint density at radius 3 is 2.84 bits per heavy atom. The first kappa shape index (κ1) is 14.3. The zero-order valence-electron chi connectivity index (χ0n) is 10.8. The van der Waals surface area contributed by atoms with E-state index in [9.17, 15) is 13.2 Å². The highest BCUT2D eigenvalue weighted by Crippen LogP contribution is 2.35. The molecule has 1 aliphatic rings. The third-order valence-electron chi connectivity index (χ3n) is 3.15. The van der Waals surface area contributed by atoms with Crippen LogP contribution in [0.4, 0.5) is 5.13 Å². The first-order chi connectivity index (χ1) is 8.69. The van der Waals surface area contributed by atoms with Gasteiger partial charge < -0.3 is 10.0 Å². The van der Waals surface area contributed by atoms with Crippen molar-refractivity contribution in [3.8, 4) is 0 Å². The van der Waals surface area contributed by atoms with Gasteiger partial charge in [0.05, 0.1) is 5.75 Å². The number of thiazole rings is 1. The number of carbonyl (C=O) groups is 1. The summed E-state index contributed by atoms with van der Waals surface area (Å²) in [4.78, 5) is 16.8. The van der Waals surface area contributed by atoms with E-state index in [1.54, 1.807) is 0 Å². The highest BCUT2D eigenvalue weighted by molar-refractivity contribution is 7.90. The lowest BCUT2D eigenvalue weighted by atomic mass is 9.93. The molecule has 0 amide bonds. The molecule has 1 N–H and O–H groups in total. The minimum Gasteiger partial charge on any atom is -0.476 e. The maximum Gasteiger partial charge on any atom is 0.355 e. The fraction of sp³-hybridized carbons (Fsp3) is 0.636. The number of carboxylic acid groups (broad SMARTS) is 1. The molecular weight excluding hydrogens is 288 g/mol. The van der Waals surface area contributed by atoms with Crippen LogP contribution in [0.1, 0.15) is 23.8 Å². The quantitative estimate of drug-likeness (QED) is 0.896. The molecule has 1 aromatic heterocycles. The third kappa shape index (κ3) is 3.44. The Hall–Kier alpha value is -1.15. The van der Waals surface area contributed by atoms with E-state index < -0.39 is 15.8 Å².